The number of benzene rings is 2. The van der Waals surface area contributed by atoms with Crippen LogP contribution in [0.25, 0.3) is 11.3 Å². The minimum Gasteiger partial charge on any atom is -0.331 e. The van der Waals surface area contributed by atoms with Crippen LogP contribution in [0.3, 0.4) is 0 Å². The highest BCUT2D eigenvalue weighted by atomic mass is 19.1. The van der Waals surface area contributed by atoms with Crippen molar-refractivity contribution in [3.8, 4) is 11.3 Å². The molecule has 0 bridgehead atoms. The summed E-state index contributed by atoms with van der Waals surface area (Å²) in [6, 6.07) is 15.5. The van der Waals surface area contributed by atoms with Crippen LogP contribution in [0, 0.1) is 5.82 Å². The molecule has 1 aliphatic heterocycles. The second-order valence-electron chi connectivity index (χ2n) is 5.96. The molecule has 0 unspecified atom stereocenters. The Morgan fingerprint density at radius 2 is 1.80 bits per heavy atom. The molecule has 2 aromatic carbocycles. The second kappa shape index (κ2) is 6.39. The lowest BCUT2D eigenvalue weighted by atomic mass is 10.1. The zero-order chi connectivity index (χ0) is 17.2. The number of carbonyl (C=O) groups is 1. The fourth-order valence-corrected chi connectivity index (χ4v) is 3.00. The Balaban J connectivity index is 1.55. The Hall–Kier alpha value is -3.15. The standard InChI is InChI=1S/C19H17FN4O/c20-15-8-6-14(7-9-15)18-17-12-23(10-11-24(17)13-21-18)19(25)22-16-4-2-1-3-5-16/h1-9,13H,10-12H2,(H,22,25). The summed E-state index contributed by atoms with van der Waals surface area (Å²) in [5.41, 5.74) is 3.36. The van der Waals surface area contributed by atoms with Gasteiger partial charge >= 0.3 is 6.03 Å². The number of halogens is 1. The van der Waals surface area contributed by atoms with Crippen LogP contribution in [0.4, 0.5) is 14.9 Å². The Kier molecular flexibility index (Phi) is 3.93. The number of rotatable bonds is 2. The molecule has 6 heteroatoms. The van der Waals surface area contributed by atoms with E-state index in [-0.39, 0.29) is 11.8 Å². The maximum Gasteiger partial charge on any atom is 0.322 e. The molecule has 4 rings (SSSR count). The molecular formula is C19H17FN4O. The van der Waals surface area contributed by atoms with Gasteiger partial charge < -0.3 is 14.8 Å². The van der Waals surface area contributed by atoms with Gasteiger partial charge in [-0.25, -0.2) is 14.2 Å². The summed E-state index contributed by atoms with van der Waals surface area (Å²) in [7, 11) is 0. The molecule has 0 fully saturated rings. The predicted octanol–water partition coefficient (Wildman–Crippen LogP) is 3.74. The Morgan fingerprint density at radius 3 is 2.56 bits per heavy atom. The minimum absolute atomic E-state index is 0.135. The number of urea groups is 1. The second-order valence-corrected chi connectivity index (χ2v) is 5.96. The number of imidazole rings is 1. The number of para-hydroxylation sites is 1. The first kappa shape index (κ1) is 15.4. The zero-order valence-electron chi connectivity index (χ0n) is 13.5. The highest BCUT2D eigenvalue weighted by Gasteiger charge is 2.24. The maximum atomic E-state index is 13.2. The number of anilines is 1. The van der Waals surface area contributed by atoms with Gasteiger partial charge in [-0.2, -0.15) is 0 Å². The van der Waals surface area contributed by atoms with E-state index >= 15 is 0 Å². The van der Waals surface area contributed by atoms with E-state index in [4.69, 9.17) is 0 Å². The highest BCUT2D eigenvalue weighted by Crippen LogP contribution is 2.26. The van der Waals surface area contributed by atoms with Crippen LogP contribution in [-0.4, -0.2) is 27.0 Å². The highest BCUT2D eigenvalue weighted by molar-refractivity contribution is 5.89. The summed E-state index contributed by atoms with van der Waals surface area (Å²) >= 11 is 0. The molecule has 2 amide bonds. The van der Waals surface area contributed by atoms with Crippen LogP contribution in [0.1, 0.15) is 5.69 Å². The molecule has 0 atom stereocenters. The average Bonchev–Trinajstić information content (AvgIpc) is 3.06. The van der Waals surface area contributed by atoms with E-state index in [2.05, 4.69) is 10.3 Å². The summed E-state index contributed by atoms with van der Waals surface area (Å²) in [5, 5.41) is 2.91. The number of amides is 2. The van der Waals surface area contributed by atoms with Crippen molar-refractivity contribution in [3.63, 3.8) is 0 Å². The first-order valence-corrected chi connectivity index (χ1v) is 8.11. The fourth-order valence-electron chi connectivity index (χ4n) is 3.00. The zero-order valence-corrected chi connectivity index (χ0v) is 13.5. The molecule has 1 aliphatic rings. The average molecular weight is 336 g/mol. The molecule has 2 heterocycles. The number of nitrogens with one attached hydrogen (secondary N) is 1. The fraction of sp³-hybridized carbons (Fsp3) is 0.158. The van der Waals surface area contributed by atoms with Gasteiger partial charge in [0.15, 0.2) is 0 Å². The van der Waals surface area contributed by atoms with Gasteiger partial charge in [-0.1, -0.05) is 18.2 Å². The maximum absolute atomic E-state index is 13.2. The monoisotopic (exact) mass is 336 g/mol. The molecular weight excluding hydrogens is 319 g/mol. The number of aromatic nitrogens is 2. The van der Waals surface area contributed by atoms with Crippen LogP contribution in [0.2, 0.25) is 0 Å². The van der Waals surface area contributed by atoms with Crippen molar-refractivity contribution >= 4 is 11.7 Å². The molecule has 25 heavy (non-hydrogen) atoms. The molecule has 1 N–H and O–H groups in total. The smallest absolute Gasteiger partial charge is 0.322 e. The molecule has 1 aromatic heterocycles. The van der Waals surface area contributed by atoms with E-state index in [1.807, 2.05) is 34.9 Å². The third-order valence-electron chi connectivity index (χ3n) is 4.33. The predicted molar refractivity (Wildman–Crippen MR) is 93.5 cm³/mol. The molecule has 5 nitrogen and oxygen atoms in total. The van der Waals surface area contributed by atoms with Crippen molar-refractivity contribution < 1.29 is 9.18 Å². The van der Waals surface area contributed by atoms with E-state index in [9.17, 15) is 9.18 Å². The SMILES string of the molecule is O=C(Nc1ccccc1)N1CCn2cnc(-c3ccc(F)cc3)c2C1. The van der Waals surface area contributed by atoms with Gasteiger partial charge in [0.25, 0.3) is 0 Å². The van der Waals surface area contributed by atoms with Crippen LogP contribution >= 0.6 is 0 Å². The molecule has 0 radical (unpaired) electrons. The number of carbonyl (C=O) groups excluding carboxylic acids is 1. The van der Waals surface area contributed by atoms with Crippen molar-refractivity contribution in [2.45, 2.75) is 13.1 Å². The molecule has 0 saturated heterocycles. The quantitative estimate of drug-likeness (QED) is 0.775. The van der Waals surface area contributed by atoms with Crippen molar-refractivity contribution in [2.24, 2.45) is 0 Å². The lowest BCUT2D eigenvalue weighted by Crippen LogP contribution is -2.40. The summed E-state index contributed by atoms with van der Waals surface area (Å²) < 4.78 is 15.2. The summed E-state index contributed by atoms with van der Waals surface area (Å²) in [4.78, 5) is 18.7. The Morgan fingerprint density at radius 1 is 1.04 bits per heavy atom. The lowest BCUT2D eigenvalue weighted by Gasteiger charge is -2.29. The van der Waals surface area contributed by atoms with Gasteiger partial charge in [-0.05, 0) is 36.4 Å². The largest absolute Gasteiger partial charge is 0.331 e. The summed E-state index contributed by atoms with van der Waals surface area (Å²) in [6.07, 6.45) is 1.78. The van der Waals surface area contributed by atoms with Crippen LogP contribution in [0.5, 0.6) is 0 Å². The molecule has 126 valence electrons. The van der Waals surface area contributed by atoms with Gasteiger partial charge in [0.2, 0.25) is 0 Å². The van der Waals surface area contributed by atoms with Gasteiger partial charge in [-0.15, -0.1) is 0 Å². The summed E-state index contributed by atoms with van der Waals surface area (Å²) in [5.74, 6) is -0.277. The number of hydrogen-bond acceptors (Lipinski definition) is 2. The van der Waals surface area contributed by atoms with Gasteiger partial charge in [0.05, 0.1) is 24.3 Å². The van der Waals surface area contributed by atoms with Crippen molar-refractivity contribution in [3.05, 3.63) is 72.4 Å². The van der Waals surface area contributed by atoms with E-state index in [0.717, 1.165) is 22.6 Å². The molecule has 3 aromatic rings. The topological polar surface area (TPSA) is 50.2 Å². The van der Waals surface area contributed by atoms with Crippen LogP contribution in [-0.2, 0) is 13.1 Å². The van der Waals surface area contributed by atoms with E-state index in [1.165, 1.54) is 12.1 Å². The van der Waals surface area contributed by atoms with Crippen molar-refractivity contribution in [2.75, 3.05) is 11.9 Å². The molecule has 0 aliphatic carbocycles. The van der Waals surface area contributed by atoms with E-state index in [0.29, 0.717) is 19.6 Å². The Bertz CT molecular complexity index is 890. The van der Waals surface area contributed by atoms with E-state index in [1.54, 1.807) is 23.4 Å². The number of nitrogens with zero attached hydrogens (tertiary/aromatic N) is 3. The van der Waals surface area contributed by atoms with Gasteiger partial charge in [0.1, 0.15) is 5.82 Å². The summed E-state index contributed by atoms with van der Waals surface area (Å²) in [6.45, 7) is 1.77. The lowest BCUT2D eigenvalue weighted by molar-refractivity contribution is 0.197. The minimum atomic E-state index is -0.277. The van der Waals surface area contributed by atoms with Crippen LogP contribution in [0.15, 0.2) is 60.9 Å². The van der Waals surface area contributed by atoms with Crippen LogP contribution < -0.4 is 5.32 Å². The normalized spacial score (nSPS) is 13.4. The first-order valence-electron chi connectivity index (χ1n) is 8.11. The number of hydrogen-bond donors (Lipinski definition) is 1. The van der Waals surface area contributed by atoms with Gasteiger partial charge in [-0.3, -0.25) is 0 Å². The third kappa shape index (κ3) is 3.10. The van der Waals surface area contributed by atoms with Crippen molar-refractivity contribution in [1.29, 1.82) is 0 Å². The first-order chi connectivity index (χ1) is 12.2. The van der Waals surface area contributed by atoms with Crippen molar-refractivity contribution in [1.82, 2.24) is 14.5 Å². The number of fused-ring (bicyclic) bond motifs is 1. The Labute approximate surface area is 144 Å². The van der Waals surface area contributed by atoms with Gasteiger partial charge in [0, 0.05) is 24.3 Å². The third-order valence-corrected chi connectivity index (χ3v) is 4.33. The van der Waals surface area contributed by atoms with E-state index < -0.39 is 0 Å². The molecule has 0 spiro atoms. The molecule has 0 saturated carbocycles.